The first-order chi connectivity index (χ1) is 10.5. The van der Waals surface area contributed by atoms with Gasteiger partial charge in [0.25, 0.3) is 0 Å². The van der Waals surface area contributed by atoms with E-state index in [0.29, 0.717) is 17.6 Å². The van der Waals surface area contributed by atoms with Gasteiger partial charge in [0, 0.05) is 22.4 Å². The highest BCUT2D eigenvalue weighted by atomic mass is 35.5. The molecule has 1 amide bonds. The minimum atomic E-state index is -0.0195. The number of fused-ring (bicyclic) bond motifs is 1. The Balaban J connectivity index is 1.73. The third-order valence-electron chi connectivity index (χ3n) is 4.14. The van der Waals surface area contributed by atoms with Crippen molar-refractivity contribution in [3.8, 4) is 0 Å². The first kappa shape index (κ1) is 14.9. The maximum atomic E-state index is 12.4. The number of halogens is 1. The number of hydrogen-bond donors (Lipinski definition) is 1. The third-order valence-corrected chi connectivity index (χ3v) is 4.37. The van der Waals surface area contributed by atoms with E-state index in [0.717, 1.165) is 23.4 Å². The predicted octanol–water partition coefficient (Wildman–Crippen LogP) is 4.04. The molecule has 0 aromatic heterocycles. The number of nitrogens with one attached hydrogen (secondary N) is 1. The molecule has 0 aliphatic carbocycles. The molecule has 114 valence electrons. The molecule has 3 nitrogen and oxygen atoms in total. The lowest BCUT2D eigenvalue weighted by Crippen LogP contribution is -2.37. The first-order valence-corrected chi connectivity index (χ1v) is 7.83. The van der Waals surface area contributed by atoms with Crippen LogP contribution in [0.5, 0.6) is 0 Å². The van der Waals surface area contributed by atoms with E-state index in [9.17, 15) is 4.79 Å². The fourth-order valence-electron chi connectivity index (χ4n) is 2.94. The summed E-state index contributed by atoms with van der Waals surface area (Å²) in [7, 11) is 0. The Morgan fingerprint density at radius 1 is 1.32 bits per heavy atom. The van der Waals surface area contributed by atoms with Crippen LogP contribution in [0.25, 0.3) is 0 Å². The van der Waals surface area contributed by atoms with Gasteiger partial charge >= 0.3 is 0 Å². The van der Waals surface area contributed by atoms with Gasteiger partial charge < -0.3 is 10.2 Å². The van der Waals surface area contributed by atoms with Crippen molar-refractivity contribution in [2.45, 2.75) is 26.3 Å². The SMILES string of the molecule is Cc1ccc(Cl)cc1NC(=O)CN1c2ccccc2C[C@@H]1C. The minimum Gasteiger partial charge on any atom is -0.359 e. The van der Waals surface area contributed by atoms with Crippen LogP contribution in [0.2, 0.25) is 5.02 Å². The zero-order valence-corrected chi connectivity index (χ0v) is 13.5. The fraction of sp³-hybridized carbons (Fsp3) is 0.278. The Kier molecular flexibility index (Phi) is 4.08. The standard InChI is InChI=1S/C18H19ClN2O/c1-12-7-8-15(19)10-16(12)20-18(22)11-21-13(2)9-14-5-3-4-6-17(14)21/h3-8,10,13H,9,11H2,1-2H3,(H,20,22)/t13-/m0/s1. The molecule has 1 atom stereocenters. The van der Waals surface area contributed by atoms with E-state index < -0.39 is 0 Å². The Morgan fingerprint density at radius 2 is 2.09 bits per heavy atom. The van der Waals surface area contributed by atoms with E-state index in [4.69, 9.17) is 11.6 Å². The van der Waals surface area contributed by atoms with Crippen LogP contribution < -0.4 is 10.2 Å². The summed E-state index contributed by atoms with van der Waals surface area (Å²) in [5.41, 5.74) is 4.25. The topological polar surface area (TPSA) is 32.3 Å². The fourth-order valence-corrected chi connectivity index (χ4v) is 3.12. The number of nitrogens with zero attached hydrogens (tertiary/aromatic N) is 1. The highest BCUT2D eigenvalue weighted by Crippen LogP contribution is 2.31. The van der Waals surface area contributed by atoms with E-state index in [2.05, 4.69) is 29.3 Å². The van der Waals surface area contributed by atoms with Gasteiger partial charge in [0.1, 0.15) is 0 Å². The lowest BCUT2D eigenvalue weighted by Gasteiger charge is -2.24. The van der Waals surface area contributed by atoms with Crippen LogP contribution in [0.15, 0.2) is 42.5 Å². The molecule has 1 heterocycles. The summed E-state index contributed by atoms with van der Waals surface area (Å²) >= 11 is 6.00. The molecule has 2 aromatic carbocycles. The molecule has 0 unspecified atom stereocenters. The molecule has 0 radical (unpaired) electrons. The van der Waals surface area contributed by atoms with Gasteiger partial charge in [0.05, 0.1) is 6.54 Å². The second kappa shape index (κ2) is 6.01. The van der Waals surface area contributed by atoms with Gasteiger partial charge in [-0.25, -0.2) is 0 Å². The summed E-state index contributed by atoms with van der Waals surface area (Å²) in [5.74, 6) is -0.0195. The summed E-state index contributed by atoms with van der Waals surface area (Å²) in [6.07, 6.45) is 0.986. The van der Waals surface area contributed by atoms with Gasteiger partial charge in [-0.3, -0.25) is 4.79 Å². The lowest BCUT2D eigenvalue weighted by molar-refractivity contribution is -0.115. The van der Waals surface area contributed by atoms with Gasteiger partial charge in [0.2, 0.25) is 5.91 Å². The molecule has 0 saturated carbocycles. The molecule has 22 heavy (non-hydrogen) atoms. The second-order valence-electron chi connectivity index (χ2n) is 5.82. The quantitative estimate of drug-likeness (QED) is 0.927. The summed E-state index contributed by atoms with van der Waals surface area (Å²) in [6.45, 7) is 4.46. The van der Waals surface area contributed by atoms with Crippen LogP contribution in [-0.2, 0) is 11.2 Å². The van der Waals surface area contributed by atoms with Gasteiger partial charge in [-0.2, -0.15) is 0 Å². The smallest absolute Gasteiger partial charge is 0.243 e. The zero-order chi connectivity index (χ0) is 15.7. The van der Waals surface area contributed by atoms with Crippen LogP contribution in [-0.4, -0.2) is 18.5 Å². The predicted molar refractivity (Wildman–Crippen MR) is 91.8 cm³/mol. The minimum absolute atomic E-state index is 0.0195. The Bertz CT molecular complexity index is 714. The molecule has 2 aromatic rings. The molecule has 0 bridgehead atoms. The van der Waals surface area contributed by atoms with Crippen molar-refractivity contribution < 1.29 is 4.79 Å². The van der Waals surface area contributed by atoms with Crippen molar-refractivity contribution >= 4 is 28.9 Å². The molecule has 1 N–H and O–H groups in total. The van der Waals surface area contributed by atoms with E-state index in [1.807, 2.05) is 31.2 Å². The number of rotatable bonds is 3. The van der Waals surface area contributed by atoms with Crippen LogP contribution in [0.4, 0.5) is 11.4 Å². The molecule has 1 aliphatic rings. The molecular formula is C18H19ClN2O. The number of benzene rings is 2. The number of amides is 1. The van der Waals surface area contributed by atoms with Crippen molar-refractivity contribution in [1.82, 2.24) is 0 Å². The first-order valence-electron chi connectivity index (χ1n) is 7.45. The lowest BCUT2D eigenvalue weighted by atomic mass is 10.1. The van der Waals surface area contributed by atoms with Crippen molar-refractivity contribution in [1.29, 1.82) is 0 Å². The van der Waals surface area contributed by atoms with Crippen LogP contribution in [0, 0.1) is 6.92 Å². The van der Waals surface area contributed by atoms with Gasteiger partial charge in [-0.1, -0.05) is 35.9 Å². The zero-order valence-electron chi connectivity index (χ0n) is 12.8. The van der Waals surface area contributed by atoms with Crippen molar-refractivity contribution in [3.05, 3.63) is 58.6 Å². The number of aryl methyl sites for hydroxylation is 1. The van der Waals surface area contributed by atoms with E-state index in [-0.39, 0.29) is 5.91 Å². The Morgan fingerprint density at radius 3 is 2.91 bits per heavy atom. The number of para-hydroxylation sites is 1. The summed E-state index contributed by atoms with van der Waals surface area (Å²) in [6, 6.07) is 14.1. The van der Waals surface area contributed by atoms with E-state index >= 15 is 0 Å². The summed E-state index contributed by atoms with van der Waals surface area (Å²) < 4.78 is 0. The molecule has 3 rings (SSSR count). The molecule has 4 heteroatoms. The third kappa shape index (κ3) is 2.95. The second-order valence-corrected chi connectivity index (χ2v) is 6.25. The monoisotopic (exact) mass is 314 g/mol. The number of anilines is 2. The van der Waals surface area contributed by atoms with E-state index in [1.54, 1.807) is 6.07 Å². The van der Waals surface area contributed by atoms with Gasteiger partial charge in [-0.15, -0.1) is 0 Å². The average molecular weight is 315 g/mol. The molecule has 0 saturated heterocycles. The maximum Gasteiger partial charge on any atom is 0.243 e. The molecule has 1 aliphatic heterocycles. The molecular weight excluding hydrogens is 296 g/mol. The number of carbonyl (C=O) groups excluding carboxylic acids is 1. The Labute approximate surface area is 135 Å². The normalized spacial score (nSPS) is 16.5. The van der Waals surface area contributed by atoms with Crippen molar-refractivity contribution in [3.63, 3.8) is 0 Å². The van der Waals surface area contributed by atoms with Crippen LogP contribution in [0.3, 0.4) is 0 Å². The summed E-state index contributed by atoms with van der Waals surface area (Å²) in [5, 5.41) is 3.59. The summed E-state index contributed by atoms with van der Waals surface area (Å²) in [4.78, 5) is 14.5. The number of hydrogen-bond acceptors (Lipinski definition) is 2. The maximum absolute atomic E-state index is 12.4. The van der Waals surface area contributed by atoms with Gasteiger partial charge in [-0.05, 0) is 49.6 Å². The van der Waals surface area contributed by atoms with Crippen molar-refractivity contribution in [2.75, 3.05) is 16.8 Å². The highest BCUT2D eigenvalue weighted by Gasteiger charge is 2.27. The molecule has 0 spiro atoms. The van der Waals surface area contributed by atoms with Gasteiger partial charge in [0.15, 0.2) is 0 Å². The van der Waals surface area contributed by atoms with Crippen LogP contribution >= 0.6 is 11.6 Å². The number of carbonyl (C=O) groups is 1. The van der Waals surface area contributed by atoms with Crippen LogP contribution in [0.1, 0.15) is 18.1 Å². The largest absolute Gasteiger partial charge is 0.359 e. The Hall–Kier alpha value is -2.00. The average Bonchev–Trinajstić information content (AvgIpc) is 2.79. The molecule has 0 fully saturated rings. The highest BCUT2D eigenvalue weighted by molar-refractivity contribution is 6.31. The van der Waals surface area contributed by atoms with E-state index in [1.165, 1.54) is 5.56 Å². The van der Waals surface area contributed by atoms with Crippen molar-refractivity contribution in [2.24, 2.45) is 0 Å².